The largest absolute Gasteiger partial charge is 0.493 e. The Morgan fingerprint density at radius 3 is 2.64 bits per heavy atom. The van der Waals surface area contributed by atoms with Crippen molar-refractivity contribution in [2.45, 2.75) is 44.8 Å². The second kappa shape index (κ2) is 10.8. The van der Waals surface area contributed by atoms with Gasteiger partial charge < -0.3 is 24.8 Å². The first-order valence-electron chi connectivity index (χ1n) is 9.04. The summed E-state index contributed by atoms with van der Waals surface area (Å²) in [6.07, 6.45) is 6.01. The van der Waals surface area contributed by atoms with Crippen LogP contribution in [0.2, 0.25) is 0 Å². The van der Waals surface area contributed by atoms with E-state index in [2.05, 4.69) is 21.7 Å². The first kappa shape index (κ1) is 19.4. The predicted octanol–water partition coefficient (Wildman–Crippen LogP) is 2.72. The molecule has 25 heavy (non-hydrogen) atoms. The molecule has 0 saturated heterocycles. The Labute approximate surface area is 151 Å². The Morgan fingerprint density at radius 2 is 1.96 bits per heavy atom. The molecule has 0 radical (unpaired) electrons. The first-order valence-corrected chi connectivity index (χ1v) is 9.04. The van der Waals surface area contributed by atoms with Gasteiger partial charge in [-0.3, -0.25) is 4.99 Å². The number of methoxy groups -OCH3 is 2. The summed E-state index contributed by atoms with van der Waals surface area (Å²) in [5.74, 6) is 2.40. The molecule has 1 fully saturated rings. The predicted molar refractivity (Wildman–Crippen MR) is 101 cm³/mol. The summed E-state index contributed by atoms with van der Waals surface area (Å²) < 4.78 is 16.6. The molecule has 0 atom stereocenters. The van der Waals surface area contributed by atoms with Gasteiger partial charge in [0.15, 0.2) is 17.5 Å². The third-order valence-corrected chi connectivity index (χ3v) is 4.33. The number of rotatable bonds is 9. The van der Waals surface area contributed by atoms with Crippen LogP contribution in [-0.2, 0) is 11.3 Å². The monoisotopic (exact) mass is 349 g/mol. The molecule has 0 heterocycles. The number of hydrogen-bond acceptors (Lipinski definition) is 4. The van der Waals surface area contributed by atoms with Crippen LogP contribution in [0.15, 0.2) is 23.2 Å². The van der Waals surface area contributed by atoms with Crippen molar-refractivity contribution in [1.82, 2.24) is 10.6 Å². The van der Waals surface area contributed by atoms with Crippen LogP contribution in [0.1, 0.15) is 37.7 Å². The van der Waals surface area contributed by atoms with Crippen LogP contribution < -0.4 is 20.1 Å². The molecule has 0 unspecified atom stereocenters. The van der Waals surface area contributed by atoms with Crippen molar-refractivity contribution in [3.63, 3.8) is 0 Å². The van der Waals surface area contributed by atoms with E-state index in [-0.39, 0.29) is 0 Å². The van der Waals surface area contributed by atoms with E-state index in [1.165, 1.54) is 12.8 Å². The van der Waals surface area contributed by atoms with Crippen LogP contribution in [0.25, 0.3) is 0 Å². The molecule has 0 spiro atoms. The minimum atomic E-state index is 0.312. The zero-order valence-corrected chi connectivity index (χ0v) is 15.6. The van der Waals surface area contributed by atoms with E-state index < -0.39 is 0 Å². The molecular weight excluding hydrogens is 318 g/mol. The summed E-state index contributed by atoms with van der Waals surface area (Å²) in [7, 11) is 5.16. The van der Waals surface area contributed by atoms with Gasteiger partial charge in [-0.1, -0.05) is 6.07 Å². The molecule has 6 heteroatoms. The molecule has 1 aliphatic carbocycles. The van der Waals surface area contributed by atoms with Gasteiger partial charge in [-0.15, -0.1) is 0 Å². The maximum atomic E-state index is 6.15. The zero-order valence-electron chi connectivity index (χ0n) is 15.6. The van der Waals surface area contributed by atoms with Crippen LogP contribution in [0.5, 0.6) is 11.5 Å². The van der Waals surface area contributed by atoms with Gasteiger partial charge in [0.05, 0.1) is 13.2 Å². The van der Waals surface area contributed by atoms with Gasteiger partial charge in [0.2, 0.25) is 0 Å². The molecule has 2 rings (SSSR count). The molecule has 1 aromatic rings. The van der Waals surface area contributed by atoms with Crippen molar-refractivity contribution in [2.75, 3.05) is 34.4 Å². The first-order chi connectivity index (χ1) is 12.3. The lowest BCUT2D eigenvalue weighted by Gasteiger charge is -2.17. The highest BCUT2D eigenvalue weighted by atomic mass is 16.5. The number of benzene rings is 1. The maximum absolute atomic E-state index is 6.15. The Kier molecular flexibility index (Phi) is 8.39. The fraction of sp³-hybridized carbons (Fsp3) is 0.632. The SMILES string of the molecule is CN=C(NCCCOC)NCc1ccc(OC)c(OC2CCCC2)c1. The molecule has 0 bridgehead atoms. The lowest BCUT2D eigenvalue weighted by Crippen LogP contribution is -2.37. The van der Waals surface area contributed by atoms with Gasteiger partial charge in [-0.25, -0.2) is 0 Å². The maximum Gasteiger partial charge on any atom is 0.191 e. The van der Waals surface area contributed by atoms with Crippen molar-refractivity contribution < 1.29 is 14.2 Å². The average Bonchev–Trinajstić information content (AvgIpc) is 3.14. The van der Waals surface area contributed by atoms with Gasteiger partial charge in [0.1, 0.15) is 0 Å². The van der Waals surface area contributed by atoms with E-state index in [9.17, 15) is 0 Å². The van der Waals surface area contributed by atoms with E-state index in [0.717, 1.165) is 55.4 Å². The molecule has 1 aromatic carbocycles. The van der Waals surface area contributed by atoms with Crippen molar-refractivity contribution in [3.05, 3.63) is 23.8 Å². The Balaban J connectivity index is 1.89. The quantitative estimate of drug-likeness (QED) is 0.408. The summed E-state index contributed by atoms with van der Waals surface area (Å²) in [4.78, 5) is 4.24. The summed E-state index contributed by atoms with van der Waals surface area (Å²) in [5.41, 5.74) is 1.13. The molecule has 0 aromatic heterocycles. The highest BCUT2D eigenvalue weighted by Crippen LogP contribution is 2.32. The number of guanidine groups is 1. The van der Waals surface area contributed by atoms with E-state index in [1.807, 2.05) is 12.1 Å². The van der Waals surface area contributed by atoms with Crippen molar-refractivity contribution in [2.24, 2.45) is 4.99 Å². The second-order valence-electron chi connectivity index (χ2n) is 6.21. The normalized spacial score (nSPS) is 15.2. The van der Waals surface area contributed by atoms with E-state index in [1.54, 1.807) is 21.3 Å². The molecule has 0 aliphatic heterocycles. The molecule has 2 N–H and O–H groups in total. The van der Waals surface area contributed by atoms with Gasteiger partial charge in [-0.05, 0) is 49.8 Å². The molecule has 0 amide bonds. The smallest absolute Gasteiger partial charge is 0.191 e. The lowest BCUT2D eigenvalue weighted by molar-refractivity contribution is 0.195. The summed E-state index contributed by atoms with van der Waals surface area (Å²) in [5, 5.41) is 6.60. The molecule has 140 valence electrons. The van der Waals surface area contributed by atoms with Crippen LogP contribution in [0.4, 0.5) is 0 Å². The van der Waals surface area contributed by atoms with Crippen LogP contribution in [0, 0.1) is 0 Å². The lowest BCUT2D eigenvalue weighted by atomic mass is 10.2. The fourth-order valence-electron chi connectivity index (χ4n) is 2.94. The minimum absolute atomic E-state index is 0.312. The number of nitrogens with one attached hydrogen (secondary N) is 2. The zero-order chi connectivity index (χ0) is 17.9. The summed E-state index contributed by atoms with van der Waals surface area (Å²) >= 11 is 0. The Morgan fingerprint density at radius 1 is 1.16 bits per heavy atom. The van der Waals surface area contributed by atoms with Crippen molar-refractivity contribution in [1.29, 1.82) is 0 Å². The molecule has 6 nitrogen and oxygen atoms in total. The Bertz CT molecular complexity index is 543. The van der Waals surface area contributed by atoms with E-state index in [4.69, 9.17) is 14.2 Å². The number of nitrogens with zero attached hydrogens (tertiary/aromatic N) is 1. The summed E-state index contributed by atoms with van der Waals surface area (Å²) in [6, 6.07) is 6.07. The van der Waals surface area contributed by atoms with Crippen LogP contribution >= 0.6 is 0 Å². The highest BCUT2D eigenvalue weighted by Gasteiger charge is 2.18. The number of aliphatic imine (C=N–C) groups is 1. The van der Waals surface area contributed by atoms with Gasteiger partial charge in [-0.2, -0.15) is 0 Å². The van der Waals surface area contributed by atoms with E-state index >= 15 is 0 Å². The molecule has 1 aliphatic rings. The van der Waals surface area contributed by atoms with Crippen LogP contribution in [-0.4, -0.2) is 46.5 Å². The Hall–Kier alpha value is -1.95. The topological polar surface area (TPSA) is 64.1 Å². The third-order valence-electron chi connectivity index (χ3n) is 4.33. The van der Waals surface area contributed by atoms with E-state index in [0.29, 0.717) is 12.6 Å². The summed E-state index contributed by atoms with van der Waals surface area (Å²) in [6.45, 7) is 2.24. The number of hydrogen-bond donors (Lipinski definition) is 2. The van der Waals surface area contributed by atoms with Crippen LogP contribution in [0.3, 0.4) is 0 Å². The highest BCUT2D eigenvalue weighted by molar-refractivity contribution is 5.79. The average molecular weight is 349 g/mol. The van der Waals surface area contributed by atoms with Crippen molar-refractivity contribution >= 4 is 5.96 Å². The fourth-order valence-corrected chi connectivity index (χ4v) is 2.94. The van der Waals surface area contributed by atoms with Gasteiger partial charge in [0.25, 0.3) is 0 Å². The van der Waals surface area contributed by atoms with Gasteiger partial charge in [0, 0.05) is 33.9 Å². The standard InChI is InChI=1S/C19H31N3O3/c1-20-19(21-11-6-12-23-2)22-14-15-9-10-17(24-3)18(13-15)25-16-7-4-5-8-16/h9-10,13,16H,4-8,11-12,14H2,1-3H3,(H2,20,21,22). The second-order valence-corrected chi connectivity index (χ2v) is 6.21. The molecule has 1 saturated carbocycles. The minimum Gasteiger partial charge on any atom is -0.493 e. The molecular formula is C19H31N3O3. The van der Waals surface area contributed by atoms with Crippen molar-refractivity contribution in [3.8, 4) is 11.5 Å². The van der Waals surface area contributed by atoms with Gasteiger partial charge >= 0.3 is 0 Å². The third kappa shape index (κ3) is 6.46. The number of ether oxygens (including phenoxy) is 3.